The molecule has 0 aromatic heterocycles. The summed E-state index contributed by atoms with van der Waals surface area (Å²) < 4.78 is 87.0. The SMILES string of the molecule is C=C/C=C/C.CC(C)(C)C.CC(C)Oc1ccc(Cc2cc(F)cc(OC(F)(F)C(F)F)c2)cc1F. The number of allylic oxidation sites excluding steroid dienone is 3. The van der Waals surface area contributed by atoms with Crippen LogP contribution in [-0.4, -0.2) is 18.6 Å². The molecule has 0 fully saturated rings. The third-order valence-corrected chi connectivity index (χ3v) is 3.53. The van der Waals surface area contributed by atoms with Crippen molar-refractivity contribution >= 4 is 0 Å². The molecule has 0 aliphatic rings. The summed E-state index contributed by atoms with van der Waals surface area (Å²) in [6, 6.07) is 6.67. The van der Waals surface area contributed by atoms with E-state index in [9.17, 15) is 26.3 Å². The van der Waals surface area contributed by atoms with Gasteiger partial charge in [0.25, 0.3) is 0 Å². The van der Waals surface area contributed by atoms with Crippen LogP contribution in [0, 0.1) is 17.0 Å². The Hall–Kier alpha value is -2.90. The first-order valence-corrected chi connectivity index (χ1v) is 11.3. The van der Waals surface area contributed by atoms with Crippen molar-refractivity contribution in [3.05, 3.63) is 84.0 Å². The predicted octanol–water partition coefficient (Wildman–Crippen LogP) is 9.38. The molecular weight excluding hydrogens is 482 g/mol. The minimum atomic E-state index is -4.74. The minimum absolute atomic E-state index is 0.0206. The van der Waals surface area contributed by atoms with E-state index in [1.54, 1.807) is 19.9 Å². The van der Waals surface area contributed by atoms with Gasteiger partial charge in [0.1, 0.15) is 11.6 Å². The largest absolute Gasteiger partial charge is 0.488 e. The van der Waals surface area contributed by atoms with Gasteiger partial charge in [0.2, 0.25) is 0 Å². The van der Waals surface area contributed by atoms with Crippen molar-refractivity contribution in [2.24, 2.45) is 5.41 Å². The topological polar surface area (TPSA) is 18.5 Å². The Kier molecular flexibility index (Phi) is 14.0. The van der Waals surface area contributed by atoms with Crippen LogP contribution in [0.2, 0.25) is 0 Å². The van der Waals surface area contributed by atoms with Gasteiger partial charge >= 0.3 is 12.5 Å². The van der Waals surface area contributed by atoms with Crippen LogP contribution in [0.15, 0.2) is 61.2 Å². The average molecular weight is 519 g/mol. The van der Waals surface area contributed by atoms with Gasteiger partial charge in [0, 0.05) is 6.07 Å². The van der Waals surface area contributed by atoms with Crippen LogP contribution in [0.5, 0.6) is 11.5 Å². The summed E-state index contributed by atoms with van der Waals surface area (Å²) in [5.74, 6) is -2.27. The number of hydrogen-bond donors (Lipinski definition) is 0. The zero-order chi connectivity index (χ0) is 28.1. The molecule has 0 saturated carbocycles. The minimum Gasteiger partial charge on any atom is -0.488 e. The molecule has 202 valence electrons. The van der Waals surface area contributed by atoms with Crippen molar-refractivity contribution in [1.29, 1.82) is 0 Å². The van der Waals surface area contributed by atoms with E-state index in [4.69, 9.17) is 4.74 Å². The van der Waals surface area contributed by atoms with Gasteiger partial charge in [0.15, 0.2) is 11.6 Å². The third-order valence-electron chi connectivity index (χ3n) is 3.53. The van der Waals surface area contributed by atoms with E-state index in [0.717, 1.165) is 18.2 Å². The van der Waals surface area contributed by atoms with Gasteiger partial charge in [-0.1, -0.05) is 58.6 Å². The number of rotatable bonds is 8. The van der Waals surface area contributed by atoms with Crippen molar-refractivity contribution in [1.82, 2.24) is 0 Å². The van der Waals surface area contributed by atoms with E-state index >= 15 is 0 Å². The fourth-order valence-corrected chi connectivity index (χ4v) is 2.36. The van der Waals surface area contributed by atoms with E-state index in [-0.39, 0.29) is 23.8 Å². The molecule has 36 heavy (non-hydrogen) atoms. The molecule has 2 nitrogen and oxygen atoms in total. The number of halogens is 6. The van der Waals surface area contributed by atoms with Crippen molar-refractivity contribution in [3.63, 3.8) is 0 Å². The molecule has 0 aliphatic carbocycles. The summed E-state index contributed by atoms with van der Waals surface area (Å²) in [6.07, 6.45) is -3.47. The first-order chi connectivity index (χ1) is 16.5. The Labute approximate surface area is 210 Å². The lowest BCUT2D eigenvalue weighted by molar-refractivity contribution is -0.253. The summed E-state index contributed by atoms with van der Waals surface area (Å²) in [5.41, 5.74) is 1.07. The fraction of sp³-hybridized carbons (Fsp3) is 0.429. The van der Waals surface area contributed by atoms with E-state index in [0.29, 0.717) is 17.0 Å². The van der Waals surface area contributed by atoms with Crippen molar-refractivity contribution < 1.29 is 35.8 Å². The summed E-state index contributed by atoms with van der Waals surface area (Å²) in [4.78, 5) is 0. The Morgan fingerprint density at radius 3 is 1.94 bits per heavy atom. The molecule has 0 bridgehead atoms. The zero-order valence-electron chi connectivity index (χ0n) is 21.8. The number of ether oxygens (including phenoxy) is 2. The van der Waals surface area contributed by atoms with E-state index in [2.05, 4.69) is 39.0 Å². The molecule has 8 heteroatoms. The monoisotopic (exact) mass is 518 g/mol. The molecule has 0 unspecified atom stereocenters. The summed E-state index contributed by atoms with van der Waals surface area (Å²) >= 11 is 0. The highest BCUT2D eigenvalue weighted by atomic mass is 19.3. The second kappa shape index (κ2) is 15.3. The molecule has 0 saturated heterocycles. The lowest BCUT2D eigenvalue weighted by Crippen LogP contribution is -2.33. The molecule has 0 radical (unpaired) electrons. The van der Waals surface area contributed by atoms with E-state index in [1.807, 2.05) is 19.1 Å². The molecule has 0 atom stereocenters. The van der Waals surface area contributed by atoms with Crippen molar-refractivity contribution in [3.8, 4) is 11.5 Å². The lowest BCUT2D eigenvalue weighted by atomic mass is 10.0. The number of hydrogen-bond acceptors (Lipinski definition) is 2. The molecule has 2 aromatic rings. The van der Waals surface area contributed by atoms with Gasteiger partial charge in [-0.3, -0.25) is 0 Å². The van der Waals surface area contributed by atoms with Crippen LogP contribution < -0.4 is 9.47 Å². The molecule has 2 aromatic carbocycles. The Bertz CT molecular complexity index is 957. The maximum atomic E-state index is 14.0. The second-order valence-electron chi connectivity index (χ2n) is 9.63. The van der Waals surface area contributed by atoms with Gasteiger partial charge in [0.05, 0.1) is 6.10 Å². The van der Waals surface area contributed by atoms with Crippen molar-refractivity contribution in [2.45, 2.75) is 73.5 Å². The lowest BCUT2D eigenvalue weighted by Gasteiger charge is -2.17. The van der Waals surface area contributed by atoms with E-state index < -0.39 is 29.9 Å². The highest BCUT2D eigenvalue weighted by Gasteiger charge is 2.44. The third kappa shape index (κ3) is 15.2. The Morgan fingerprint density at radius 2 is 1.53 bits per heavy atom. The van der Waals surface area contributed by atoms with Crippen LogP contribution in [-0.2, 0) is 6.42 Å². The molecule has 0 amide bonds. The van der Waals surface area contributed by atoms with Crippen LogP contribution in [0.4, 0.5) is 26.3 Å². The first-order valence-electron chi connectivity index (χ1n) is 11.3. The highest BCUT2D eigenvalue weighted by Crippen LogP contribution is 2.29. The highest BCUT2D eigenvalue weighted by molar-refractivity contribution is 5.36. The standard InChI is InChI=1S/C18H16F6O2.C5H12.C5H8/c1-10(2)25-16-4-3-11(8-15(16)20)5-12-6-13(19)9-14(7-12)26-18(23,24)17(21)22;1-5(2,3)4;1-3-5-4-2/h3-4,6-10,17H,5H2,1-2H3;1-4H3;3-5H,1H2,2H3/b;;5-4+. The molecule has 0 spiro atoms. The summed E-state index contributed by atoms with van der Waals surface area (Å²) in [5, 5.41) is 0. The number of alkyl halides is 4. The van der Waals surface area contributed by atoms with Gasteiger partial charge in [-0.25, -0.2) is 8.78 Å². The molecule has 0 aliphatic heterocycles. The second-order valence-corrected chi connectivity index (χ2v) is 9.63. The molecular formula is C28H36F6O2. The first kappa shape index (κ1) is 33.1. The van der Waals surface area contributed by atoms with Crippen LogP contribution in [0.25, 0.3) is 0 Å². The average Bonchev–Trinajstić information content (AvgIpc) is 2.69. The maximum absolute atomic E-state index is 14.0. The van der Waals surface area contributed by atoms with Crippen molar-refractivity contribution in [2.75, 3.05) is 0 Å². The molecule has 0 N–H and O–H groups in total. The van der Waals surface area contributed by atoms with Gasteiger partial charge in [-0.15, -0.1) is 0 Å². The van der Waals surface area contributed by atoms with Gasteiger partial charge in [-0.2, -0.15) is 17.6 Å². The quantitative estimate of drug-likeness (QED) is 0.256. The van der Waals surface area contributed by atoms with Crippen LogP contribution in [0.1, 0.15) is 59.6 Å². The van der Waals surface area contributed by atoms with E-state index in [1.165, 1.54) is 12.1 Å². The smallest absolute Gasteiger partial charge is 0.461 e. The molecule has 2 rings (SSSR count). The van der Waals surface area contributed by atoms with Crippen LogP contribution >= 0.6 is 0 Å². The van der Waals surface area contributed by atoms with Gasteiger partial charge in [-0.05, 0) is 68.0 Å². The summed E-state index contributed by atoms with van der Waals surface area (Å²) in [6.45, 7) is 17.6. The van der Waals surface area contributed by atoms with Gasteiger partial charge < -0.3 is 9.47 Å². The molecule has 0 heterocycles. The normalized spacial score (nSPS) is 11.5. The maximum Gasteiger partial charge on any atom is 0.461 e. The predicted molar refractivity (Wildman–Crippen MR) is 133 cm³/mol. The fourth-order valence-electron chi connectivity index (χ4n) is 2.36. The zero-order valence-corrected chi connectivity index (χ0v) is 21.8. The Morgan fingerprint density at radius 1 is 0.944 bits per heavy atom. The summed E-state index contributed by atoms with van der Waals surface area (Å²) in [7, 11) is 0. The Balaban J connectivity index is 0.00000104. The van der Waals surface area contributed by atoms with Crippen LogP contribution in [0.3, 0.4) is 0 Å². The number of benzene rings is 2.